The van der Waals surface area contributed by atoms with Crippen LogP contribution in [0.1, 0.15) is 23.5 Å². The van der Waals surface area contributed by atoms with Crippen molar-refractivity contribution in [3.63, 3.8) is 0 Å². The summed E-state index contributed by atoms with van der Waals surface area (Å²) in [6, 6.07) is 1.88. The molecule has 0 saturated heterocycles. The highest BCUT2D eigenvalue weighted by Gasteiger charge is 2.28. The van der Waals surface area contributed by atoms with E-state index in [1.165, 1.54) is 4.90 Å². The lowest BCUT2D eigenvalue weighted by Gasteiger charge is -2.24. The Labute approximate surface area is 137 Å². The van der Waals surface area contributed by atoms with Crippen molar-refractivity contribution in [1.82, 2.24) is 19.3 Å². The Morgan fingerprint density at radius 2 is 2.00 bits per heavy atom. The van der Waals surface area contributed by atoms with Crippen molar-refractivity contribution in [2.75, 3.05) is 19.7 Å². The molecule has 0 aromatic carbocycles. The molecule has 2 aromatic rings. The van der Waals surface area contributed by atoms with Crippen LogP contribution in [-0.2, 0) is 6.54 Å². The summed E-state index contributed by atoms with van der Waals surface area (Å²) in [5.41, 5.74) is 2.29. The fourth-order valence-corrected chi connectivity index (χ4v) is 2.50. The van der Waals surface area contributed by atoms with E-state index in [1.807, 2.05) is 19.9 Å². The molecule has 0 aliphatic rings. The predicted octanol–water partition coefficient (Wildman–Crippen LogP) is 1.45. The first-order chi connectivity index (χ1) is 11.2. The molecule has 0 unspecified atom stereocenters. The fraction of sp³-hybridized carbons (Fsp3) is 0.600. The quantitative estimate of drug-likeness (QED) is 0.794. The maximum atomic E-state index is 12.5. The largest absolute Gasteiger partial charge is 0.394 e. The minimum absolute atomic E-state index is 0.0636. The molecule has 1 atom stereocenters. The molecular formula is C15H21F3N4O2. The van der Waals surface area contributed by atoms with Crippen LogP contribution in [0.25, 0.3) is 5.78 Å². The highest BCUT2D eigenvalue weighted by Crippen LogP contribution is 2.20. The van der Waals surface area contributed by atoms with Crippen molar-refractivity contribution >= 4 is 5.78 Å². The third-order valence-corrected chi connectivity index (χ3v) is 3.59. The van der Waals surface area contributed by atoms with E-state index in [4.69, 9.17) is 5.11 Å². The van der Waals surface area contributed by atoms with Gasteiger partial charge in [0.2, 0.25) is 5.78 Å². The van der Waals surface area contributed by atoms with E-state index in [9.17, 15) is 18.3 Å². The highest BCUT2D eigenvalue weighted by molar-refractivity contribution is 5.34. The van der Waals surface area contributed by atoms with E-state index in [-0.39, 0.29) is 19.6 Å². The van der Waals surface area contributed by atoms with Crippen LogP contribution in [-0.4, -0.2) is 61.5 Å². The topological polar surface area (TPSA) is 73.9 Å². The van der Waals surface area contributed by atoms with Crippen LogP contribution in [0.3, 0.4) is 0 Å². The van der Waals surface area contributed by atoms with Gasteiger partial charge >= 0.3 is 6.18 Å². The number of imidazole rings is 1. The van der Waals surface area contributed by atoms with Crippen molar-refractivity contribution in [3.8, 4) is 0 Å². The van der Waals surface area contributed by atoms with Gasteiger partial charge in [-0.2, -0.15) is 13.2 Å². The maximum absolute atomic E-state index is 12.5. The van der Waals surface area contributed by atoms with Crippen molar-refractivity contribution < 1.29 is 23.4 Å². The first kappa shape index (κ1) is 18.6. The average molecular weight is 346 g/mol. The molecule has 2 aromatic heterocycles. The van der Waals surface area contributed by atoms with Gasteiger partial charge in [0.05, 0.1) is 24.8 Å². The van der Waals surface area contributed by atoms with Crippen molar-refractivity contribution in [3.05, 3.63) is 29.3 Å². The number of aromatic nitrogens is 3. The standard InChI is InChI=1S/C15H21F3N4O2/c1-10-5-11(2)22-7-12(20-14(22)19-10)6-21(8-13(24)9-23)4-3-15(16,17)18/h5,7,13,23-24H,3-4,6,8-9H2,1-2H3/t13-/m0/s1. The molecule has 0 aliphatic heterocycles. The van der Waals surface area contributed by atoms with Gasteiger partial charge in [-0.3, -0.25) is 9.30 Å². The summed E-state index contributed by atoms with van der Waals surface area (Å²) in [6.45, 7) is 3.02. The Hall–Kier alpha value is -1.71. The number of aliphatic hydroxyl groups excluding tert-OH is 2. The van der Waals surface area contributed by atoms with Crippen molar-refractivity contribution in [1.29, 1.82) is 0 Å². The summed E-state index contributed by atoms with van der Waals surface area (Å²) in [5, 5.41) is 18.5. The molecule has 9 heteroatoms. The monoisotopic (exact) mass is 346 g/mol. The number of aliphatic hydroxyl groups is 2. The number of hydrogen-bond acceptors (Lipinski definition) is 5. The van der Waals surface area contributed by atoms with Crippen LogP contribution in [0, 0.1) is 13.8 Å². The van der Waals surface area contributed by atoms with E-state index in [2.05, 4.69) is 9.97 Å². The van der Waals surface area contributed by atoms with E-state index in [0.717, 1.165) is 11.4 Å². The SMILES string of the molecule is Cc1cc(C)n2cc(CN(CCC(F)(F)F)C[C@H](O)CO)nc2n1. The third-order valence-electron chi connectivity index (χ3n) is 3.59. The van der Waals surface area contributed by atoms with Gasteiger partial charge in [0, 0.05) is 37.2 Å². The molecule has 134 valence electrons. The predicted molar refractivity (Wildman–Crippen MR) is 81.5 cm³/mol. The zero-order valence-corrected chi connectivity index (χ0v) is 13.6. The van der Waals surface area contributed by atoms with Crippen molar-refractivity contribution in [2.24, 2.45) is 0 Å². The Morgan fingerprint density at radius 1 is 1.29 bits per heavy atom. The van der Waals surface area contributed by atoms with E-state index in [1.54, 1.807) is 10.6 Å². The number of hydrogen-bond donors (Lipinski definition) is 2. The van der Waals surface area contributed by atoms with Gasteiger partial charge in [-0.1, -0.05) is 0 Å². The minimum Gasteiger partial charge on any atom is -0.394 e. The van der Waals surface area contributed by atoms with Gasteiger partial charge < -0.3 is 10.2 Å². The number of rotatable bonds is 7. The van der Waals surface area contributed by atoms with Gasteiger partial charge in [0.1, 0.15) is 0 Å². The van der Waals surface area contributed by atoms with Gasteiger partial charge in [-0.15, -0.1) is 0 Å². The molecule has 24 heavy (non-hydrogen) atoms. The van der Waals surface area contributed by atoms with Crippen LogP contribution < -0.4 is 0 Å². The van der Waals surface area contributed by atoms with E-state index < -0.39 is 25.3 Å². The van der Waals surface area contributed by atoms with Crippen LogP contribution in [0.4, 0.5) is 13.2 Å². The zero-order valence-electron chi connectivity index (χ0n) is 13.6. The second kappa shape index (κ2) is 7.45. The number of alkyl halides is 3. The average Bonchev–Trinajstić information content (AvgIpc) is 2.86. The molecule has 0 fully saturated rings. The summed E-state index contributed by atoms with van der Waals surface area (Å²) in [5.74, 6) is 0.487. The summed E-state index contributed by atoms with van der Waals surface area (Å²) >= 11 is 0. The summed E-state index contributed by atoms with van der Waals surface area (Å²) in [4.78, 5) is 10.1. The van der Waals surface area contributed by atoms with Gasteiger partial charge in [-0.25, -0.2) is 9.97 Å². The highest BCUT2D eigenvalue weighted by atomic mass is 19.4. The Balaban J connectivity index is 2.16. The Morgan fingerprint density at radius 3 is 2.62 bits per heavy atom. The second-order valence-electron chi connectivity index (χ2n) is 5.88. The summed E-state index contributed by atoms with van der Waals surface area (Å²) in [7, 11) is 0. The summed E-state index contributed by atoms with van der Waals surface area (Å²) < 4.78 is 39.2. The molecule has 2 rings (SSSR count). The Kier molecular flexibility index (Phi) is 5.79. The molecule has 2 heterocycles. The van der Waals surface area contributed by atoms with E-state index in [0.29, 0.717) is 11.5 Å². The van der Waals surface area contributed by atoms with Crippen LogP contribution in [0.5, 0.6) is 0 Å². The molecule has 6 nitrogen and oxygen atoms in total. The summed E-state index contributed by atoms with van der Waals surface area (Å²) in [6.07, 6.45) is -4.65. The smallest absolute Gasteiger partial charge is 0.390 e. The number of fused-ring (bicyclic) bond motifs is 1. The third kappa shape index (κ3) is 5.15. The molecule has 2 N–H and O–H groups in total. The van der Waals surface area contributed by atoms with Crippen LogP contribution in [0.15, 0.2) is 12.3 Å². The molecular weight excluding hydrogens is 325 g/mol. The molecule has 0 spiro atoms. The Bertz CT molecular complexity index is 687. The first-order valence-corrected chi connectivity index (χ1v) is 7.58. The molecule has 0 saturated carbocycles. The van der Waals surface area contributed by atoms with Gasteiger partial charge in [-0.05, 0) is 19.9 Å². The van der Waals surface area contributed by atoms with Gasteiger partial charge in [0.25, 0.3) is 0 Å². The number of halogens is 3. The van der Waals surface area contributed by atoms with Crippen molar-refractivity contribution in [2.45, 2.75) is 39.1 Å². The normalized spacial score (nSPS) is 13.8. The lowest BCUT2D eigenvalue weighted by atomic mass is 10.3. The molecule has 0 bridgehead atoms. The molecule has 0 aliphatic carbocycles. The number of aryl methyl sites for hydroxylation is 2. The van der Waals surface area contributed by atoms with Gasteiger partial charge in [0.15, 0.2) is 0 Å². The second-order valence-corrected chi connectivity index (χ2v) is 5.88. The van der Waals surface area contributed by atoms with Crippen LogP contribution in [0.2, 0.25) is 0 Å². The molecule has 0 amide bonds. The van der Waals surface area contributed by atoms with E-state index >= 15 is 0 Å². The lowest BCUT2D eigenvalue weighted by molar-refractivity contribution is -0.139. The minimum atomic E-state index is -4.28. The zero-order chi connectivity index (χ0) is 17.9. The number of nitrogens with zero attached hydrogens (tertiary/aromatic N) is 4. The van der Waals surface area contributed by atoms with Crippen LogP contribution >= 0.6 is 0 Å². The lowest BCUT2D eigenvalue weighted by Crippen LogP contribution is -2.36. The maximum Gasteiger partial charge on any atom is 0.390 e. The fourth-order valence-electron chi connectivity index (χ4n) is 2.50. The molecule has 0 radical (unpaired) electrons. The first-order valence-electron chi connectivity index (χ1n) is 7.58.